The van der Waals surface area contributed by atoms with Crippen molar-refractivity contribution in [3.8, 4) is 0 Å². The lowest BCUT2D eigenvalue weighted by Crippen LogP contribution is -2.41. The molecule has 1 aliphatic carbocycles. The summed E-state index contributed by atoms with van der Waals surface area (Å²) in [6.07, 6.45) is 6.22. The second-order valence-electron chi connectivity index (χ2n) is 6.86. The largest absolute Gasteiger partial charge is 0.379 e. The topological polar surface area (TPSA) is 67.6 Å². The lowest BCUT2D eigenvalue weighted by Gasteiger charge is -2.34. The zero-order valence-corrected chi connectivity index (χ0v) is 15.4. The van der Waals surface area contributed by atoms with Crippen LogP contribution in [0.15, 0.2) is 29.9 Å². The fourth-order valence-corrected chi connectivity index (χ4v) is 4.42. The first-order valence-electron chi connectivity index (χ1n) is 9.19. The van der Waals surface area contributed by atoms with Crippen LogP contribution in [0.4, 0.5) is 5.82 Å². The molecule has 8 heteroatoms. The normalized spacial score (nSPS) is 19.7. The molecule has 3 aromatic rings. The van der Waals surface area contributed by atoms with Crippen LogP contribution in [0.1, 0.15) is 35.5 Å². The number of anilines is 1. The van der Waals surface area contributed by atoms with E-state index in [9.17, 15) is 0 Å². The van der Waals surface area contributed by atoms with Gasteiger partial charge in [-0.2, -0.15) is 0 Å². The Morgan fingerprint density at radius 3 is 2.92 bits per heavy atom. The van der Waals surface area contributed by atoms with E-state index in [1.54, 1.807) is 11.3 Å². The molecule has 2 aliphatic rings. The number of nitrogens with zero attached hydrogens (tertiary/aromatic N) is 5. The van der Waals surface area contributed by atoms with Crippen LogP contribution in [-0.2, 0) is 4.74 Å². The SMILES string of the molecule is c1csc(C(CNc2nccn3c(C4CC4)nnc23)N2CCOCC2)c1. The molecule has 5 rings (SSSR count). The van der Waals surface area contributed by atoms with Crippen LogP contribution in [0.3, 0.4) is 0 Å². The van der Waals surface area contributed by atoms with Gasteiger partial charge in [0.1, 0.15) is 5.82 Å². The van der Waals surface area contributed by atoms with Gasteiger partial charge in [-0.1, -0.05) is 6.07 Å². The molecule has 2 fully saturated rings. The predicted octanol–water partition coefficient (Wildman–Crippen LogP) is 2.55. The average molecular weight is 370 g/mol. The van der Waals surface area contributed by atoms with Crippen molar-refractivity contribution < 1.29 is 4.74 Å². The first-order chi connectivity index (χ1) is 12.9. The Balaban J connectivity index is 1.38. The van der Waals surface area contributed by atoms with Crippen LogP contribution in [0.2, 0.25) is 0 Å². The first kappa shape index (κ1) is 16.2. The molecule has 1 saturated carbocycles. The summed E-state index contributed by atoms with van der Waals surface area (Å²) in [5.41, 5.74) is 0.821. The Bertz CT molecular complexity index is 869. The van der Waals surface area contributed by atoms with Gasteiger partial charge in [0.15, 0.2) is 5.82 Å². The molecule has 1 unspecified atom stereocenters. The molecule has 0 spiro atoms. The minimum absolute atomic E-state index is 0.312. The lowest BCUT2D eigenvalue weighted by molar-refractivity contribution is 0.0194. The summed E-state index contributed by atoms with van der Waals surface area (Å²) in [4.78, 5) is 8.38. The van der Waals surface area contributed by atoms with Crippen molar-refractivity contribution in [3.63, 3.8) is 0 Å². The van der Waals surface area contributed by atoms with Gasteiger partial charge in [-0.3, -0.25) is 9.30 Å². The number of rotatable bonds is 6. The second kappa shape index (κ2) is 6.94. The highest BCUT2D eigenvalue weighted by molar-refractivity contribution is 7.10. The first-order valence-corrected chi connectivity index (χ1v) is 10.1. The van der Waals surface area contributed by atoms with Crippen LogP contribution < -0.4 is 5.32 Å². The van der Waals surface area contributed by atoms with E-state index in [0.717, 1.165) is 50.1 Å². The summed E-state index contributed by atoms with van der Waals surface area (Å²) in [7, 11) is 0. The van der Waals surface area contributed by atoms with Crippen molar-refractivity contribution in [2.45, 2.75) is 24.8 Å². The fourth-order valence-electron chi connectivity index (χ4n) is 3.56. The molecule has 7 nitrogen and oxygen atoms in total. The number of hydrogen-bond donors (Lipinski definition) is 1. The molecule has 1 atom stereocenters. The summed E-state index contributed by atoms with van der Waals surface area (Å²) in [5, 5.41) is 14.5. The molecule has 0 bridgehead atoms. The minimum atomic E-state index is 0.312. The highest BCUT2D eigenvalue weighted by atomic mass is 32.1. The van der Waals surface area contributed by atoms with Gasteiger partial charge >= 0.3 is 0 Å². The molecule has 0 aromatic carbocycles. The van der Waals surface area contributed by atoms with E-state index in [4.69, 9.17) is 4.74 Å². The second-order valence-corrected chi connectivity index (χ2v) is 7.84. The Morgan fingerprint density at radius 1 is 1.27 bits per heavy atom. The number of morpholine rings is 1. The summed E-state index contributed by atoms with van der Waals surface area (Å²) < 4.78 is 7.61. The van der Waals surface area contributed by atoms with Crippen molar-refractivity contribution in [2.75, 3.05) is 38.2 Å². The van der Waals surface area contributed by atoms with E-state index in [2.05, 4.69) is 47.3 Å². The quantitative estimate of drug-likeness (QED) is 0.719. The van der Waals surface area contributed by atoms with Crippen LogP contribution in [0.5, 0.6) is 0 Å². The highest BCUT2D eigenvalue weighted by Crippen LogP contribution is 2.39. The van der Waals surface area contributed by atoms with Gasteiger partial charge < -0.3 is 10.1 Å². The fraction of sp³-hybridized carbons (Fsp3) is 0.500. The Labute approximate surface area is 156 Å². The van der Waals surface area contributed by atoms with Crippen molar-refractivity contribution in [1.29, 1.82) is 0 Å². The monoisotopic (exact) mass is 370 g/mol. The number of fused-ring (bicyclic) bond motifs is 1. The molecule has 136 valence electrons. The smallest absolute Gasteiger partial charge is 0.203 e. The summed E-state index contributed by atoms with van der Waals surface area (Å²) in [6, 6.07) is 4.64. The Kier molecular flexibility index (Phi) is 4.32. The van der Waals surface area contributed by atoms with Gasteiger partial charge in [-0.15, -0.1) is 21.5 Å². The van der Waals surface area contributed by atoms with Gasteiger partial charge in [0.2, 0.25) is 5.65 Å². The van der Waals surface area contributed by atoms with E-state index >= 15 is 0 Å². The molecule has 0 radical (unpaired) electrons. The third-order valence-electron chi connectivity index (χ3n) is 5.12. The van der Waals surface area contributed by atoms with Gasteiger partial charge in [0.25, 0.3) is 0 Å². The molecular formula is C18H22N6OS. The Morgan fingerprint density at radius 2 is 2.15 bits per heavy atom. The van der Waals surface area contributed by atoms with Gasteiger partial charge in [0.05, 0.1) is 19.3 Å². The van der Waals surface area contributed by atoms with Crippen molar-refractivity contribution in [3.05, 3.63) is 40.6 Å². The molecule has 1 N–H and O–H groups in total. The molecule has 26 heavy (non-hydrogen) atoms. The number of nitrogens with one attached hydrogen (secondary N) is 1. The zero-order valence-electron chi connectivity index (χ0n) is 14.5. The predicted molar refractivity (Wildman–Crippen MR) is 101 cm³/mol. The van der Waals surface area contributed by atoms with E-state index in [0.29, 0.717) is 12.0 Å². The molecule has 1 aliphatic heterocycles. The van der Waals surface area contributed by atoms with Gasteiger partial charge in [-0.05, 0) is 24.3 Å². The summed E-state index contributed by atoms with van der Waals surface area (Å²) >= 11 is 1.80. The Hall–Kier alpha value is -2.03. The van der Waals surface area contributed by atoms with Crippen LogP contribution in [-0.4, -0.2) is 57.3 Å². The van der Waals surface area contributed by atoms with E-state index in [1.807, 2.05) is 12.4 Å². The number of aromatic nitrogens is 4. The molecule has 4 heterocycles. The van der Waals surface area contributed by atoms with Gasteiger partial charge in [0, 0.05) is 42.8 Å². The third kappa shape index (κ3) is 3.08. The van der Waals surface area contributed by atoms with E-state index < -0.39 is 0 Å². The summed E-state index contributed by atoms with van der Waals surface area (Å²) in [5.74, 6) is 2.43. The third-order valence-corrected chi connectivity index (χ3v) is 6.09. The highest BCUT2D eigenvalue weighted by Gasteiger charge is 2.29. The van der Waals surface area contributed by atoms with E-state index in [-0.39, 0.29) is 0 Å². The van der Waals surface area contributed by atoms with Crippen LogP contribution in [0.25, 0.3) is 5.65 Å². The molecule has 3 aromatic heterocycles. The van der Waals surface area contributed by atoms with Crippen molar-refractivity contribution >= 4 is 22.8 Å². The molecule has 0 amide bonds. The maximum atomic E-state index is 5.53. The van der Waals surface area contributed by atoms with Gasteiger partial charge in [-0.25, -0.2) is 4.98 Å². The number of hydrogen-bond acceptors (Lipinski definition) is 7. The zero-order chi connectivity index (χ0) is 17.3. The number of thiophene rings is 1. The maximum absolute atomic E-state index is 5.53. The lowest BCUT2D eigenvalue weighted by atomic mass is 10.2. The maximum Gasteiger partial charge on any atom is 0.203 e. The summed E-state index contributed by atoms with van der Waals surface area (Å²) in [6.45, 7) is 4.30. The minimum Gasteiger partial charge on any atom is -0.379 e. The standard InChI is InChI=1S/C18H22N6OS/c1-2-15(26-11-1)14(23-7-9-25-10-8-23)12-20-16-18-22-21-17(13-3-4-13)24(18)6-5-19-16/h1-2,5-6,11,13-14H,3-4,7-10,12H2,(H,19,20). The van der Waals surface area contributed by atoms with E-state index in [1.165, 1.54) is 17.7 Å². The molecule has 1 saturated heterocycles. The van der Waals surface area contributed by atoms with Crippen LogP contribution in [0, 0.1) is 0 Å². The van der Waals surface area contributed by atoms with Crippen molar-refractivity contribution in [1.82, 2.24) is 24.5 Å². The molecular weight excluding hydrogens is 348 g/mol. The van der Waals surface area contributed by atoms with Crippen molar-refractivity contribution in [2.24, 2.45) is 0 Å². The van der Waals surface area contributed by atoms with Crippen LogP contribution >= 0.6 is 11.3 Å². The average Bonchev–Trinajstić information content (AvgIpc) is 3.20. The number of ether oxygens (including phenoxy) is 1.